The molecule has 9 heteroatoms. The summed E-state index contributed by atoms with van der Waals surface area (Å²) in [7, 11) is 3.31. The summed E-state index contributed by atoms with van der Waals surface area (Å²) >= 11 is 12.3. The molecule has 0 aliphatic carbocycles. The van der Waals surface area contributed by atoms with E-state index in [2.05, 4.69) is 4.98 Å². The molecule has 0 aliphatic rings. The van der Waals surface area contributed by atoms with Crippen molar-refractivity contribution in [1.29, 1.82) is 0 Å². The van der Waals surface area contributed by atoms with E-state index in [1.807, 2.05) is 30.3 Å². The lowest BCUT2D eigenvalue weighted by molar-refractivity contribution is -0.117. The van der Waals surface area contributed by atoms with Gasteiger partial charge in [0.15, 0.2) is 5.82 Å². The Balaban J connectivity index is 1.66. The van der Waals surface area contributed by atoms with Gasteiger partial charge in [-0.25, -0.2) is 4.98 Å². The van der Waals surface area contributed by atoms with Crippen molar-refractivity contribution in [3.8, 4) is 5.69 Å². The van der Waals surface area contributed by atoms with Crippen molar-refractivity contribution in [3.05, 3.63) is 112 Å². The molecule has 0 unspecified atom stereocenters. The maximum absolute atomic E-state index is 13.6. The Kier molecular flexibility index (Phi) is 8.06. The van der Waals surface area contributed by atoms with Crippen LogP contribution in [0.25, 0.3) is 5.69 Å². The first-order valence-corrected chi connectivity index (χ1v) is 12.2. The minimum atomic E-state index is -0.451. The maximum Gasteiger partial charge on any atom is 0.253 e. The quantitative estimate of drug-likeness (QED) is 0.215. The second kappa shape index (κ2) is 11.4. The molecule has 0 saturated heterocycles. The molecule has 0 aliphatic heterocycles. The van der Waals surface area contributed by atoms with Gasteiger partial charge >= 0.3 is 0 Å². The summed E-state index contributed by atoms with van der Waals surface area (Å²) < 4.78 is 1.65. The third kappa shape index (κ3) is 6.07. The van der Waals surface area contributed by atoms with Gasteiger partial charge in [0.2, 0.25) is 11.7 Å². The van der Waals surface area contributed by atoms with E-state index in [0.717, 1.165) is 5.69 Å². The smallest absolute Gasteiger partial charge is 0.253 e. The van der Waals surface area contributed by atoms with Gasteiger partial charge in [-0.05, 0) is 48.0 Å². The van der Waals surface area contributed by atoms with E-state index in [-0.39, 0.29) is 18.3 Å². The molecule has 4 aromatic rings. The number of carbonyl (C=O) groups excluding carboxylic acids is 3. The highest BCUT2D eigenvalue weighted by atomic mass is 35.5. The number of benzene rings is 3. The van der Waals surface area contributed by atoms with Crippen LogP contribution in [0.15, 0.2) is 85.2 Å². The molecule has 37 heavy (non-hydrogen) atoms. The van der Waals surface area contributed by atoms with E-state index in [1.165, 1.54) is 16.0 Å². The van der Waals surface area contributed by atoms with E-state index in [9.17, 15) is 14.4 Å². The van der Waals surface area contributed by atoms with Crippen LogP contribution >= 0.6 is 23.2 Å². The number of hydrogen-bond donors (Lipinski definition) is 0. The molecule has 0 saturated carbocycles. The van der Waals surface area contributed by atoms with E-state index in [4.69, 9.17) is 23.2 Å². The van der Waals surface area contributed by atoms with Crippen molar-refractivity contribution >= 4 is 46.5 Å². The van der Waals surface area contributed by atoms with Crippen LogP contribution in [0, 0.1) is 0 Å². The molecule has 7 nitrogen and oxygen atoms in total. The predicted octanol–water partition coefficient (Wildman–Crippen LogP) is 5.69. The van der Waals surface area contributed by atoms with Crippen molar-refractivity contribution in [2.24, 2.45) is 0 Å². The van der Waals surface area contributed by atoms with Crippen LogP contribution in [0.2, 0.25) is 10.0 Å². The summed E-state index contributed by atoms with van der Waals surface area (Å²) in [6, 6.07) is 21.1. The average Bonchev–Trinajstić information content (AvgIpc) is 3.39. The summed E-state index contributed by atoms with van der Waals surface area (Å²) in [5.74, 6) is -0.929. The molecular formula is C28H24Cl2N4O3. The van der Waals surface area contributed by atoms with Crippen LogP contribution in [0.1, 0.15) is 33.0 Å². The number of rotatable bonds is 8. The van der Waals surface area contributed by atoms with Crippen molar-refractivity contribution in [2.75, 3.05) is 19.0 Å². The lowest BCUT2D eigenvalue weighted by Crippen LogP contribution is -2.33. The van der Waals surface area contributed by atoms with Gasteiger partial charge in [-0.1, -0.05) is 53.5 Å². The van der Waals surface area contributed by atoms with Gasteiger partial charge in [0.05, 0.1) is 23.0 Å². The Morgan fingerprint density at radius 1 is 0.892 bits per heavy atom. The Labute approximate surface area is 224 Å². The van der Waals surface area contributed by atoms with Crippen LogP contribution in [0.3, 0.4) is 0 Å². The van der Waals surface area contributed by atoms with Gasteiger partial charge in [-0.2, -0.15) is 0 Å². The summed E-state index contributed by atoms with van der Waals surface area (Å²) in [5.41, 5.74) is 2.37. The molecule has 1 heterocycles. The maximum atomic E-state index is 13.6. The Morgan fingerprint density at radius 3 is 2.35 bits per heavy atom. The van der Waals surface area contributed by atoms with Gasteiger partial charge in [0.1, 0.15) is 0 Å². The van der Waals surface area contributed by atoms with Crippen molar-refractivity contribution in [1.82, 2.24) is 14.5 Å². The van der Waals surface area contributed by atoms with E-state index < -0.39 is 18.1 Å². The second-order valence-corrected chi connectivity index (χ2v) is 9.35. The van der Waals surface area contributed by atoms with Crippen LogP contribution in [0.5, 0.6) is 0 Å². The molecule has 0 spiro atoms. The Bertz CT molecular complexity index is 1450. The first-order chi connectivity index (χ1) is 17.7. The van der Waals surface area contributed by atoms with Crippen molar-refractivity contribution in [3.63, 3.8) is 0 Å². The molecule has 0 radical (unpaired) electrons. The van der Waals surface area contributed by atoms with Crippen LogP contribution in [0.4, 0.5) is 5.69 Å². The third-order valence-corrected chi connectivity index (χ3v) is 6.41. The number of nitrogens with zero attached hydrogens (tertiary/aromatic N) is 4. The van der Waals surface area contributed by atoms with Crippen LogP contribution in [-0.4, -0.2) is 46.1 Å². The molecule has 0 N–H and O–H groups in total. The second-order valence-electron chi connectivity index (χ2n) is 8.53. The number of hydrogen-bond acceptors (Lipinski definition) is 4. The van der Waals surface area contributed by atoms with Gasteiger partial charge < -0.3 is 9.80 Å². The van der Waals surface area contributed by atoms with Crippen molar-refractivity contribution in [2.45, 2.75) is 13.0 Å². The summed E-state index contributed by atoms with van der Waals surface area (Å²) in [4.78, 5) is 46.5. The van der Waals surface area contributed by atoms with Gasteiger partial charge in [0.25, 0.3) is 5.91 Å². The minimum Gasteiger partial charge on any atom is -0.345 e. The zero-order chi connectivity index (χ0) is 26.5. The largest absolute Gasteiger partial charge is 0.345 e. The fourth-order valence-electron chi connectivity index (χ4n) is 3.83. The number of carbonyl (C=O) groups is 3. The molecule has 2 amide bonds. The predicted molar refractivity (Wildman–Crippen MR) is 145 cm³/mol. The number of imidazole rings is 1. The van der Waals surface area contributed by atoms with Crippen LogP contribution in [-0.2, 0) is 11.3 Å². The number of aromatic nitrogens is 2. The minimum absolute atomic E-state index is 0.121. The molecule has 1 aromatic heterocycles. The number of anilines is 1. The van der Waals surface area contributed by atoms with E-state index in [0.29, 0.717) is 26.9 Å². The number of ketones is 1. The fraction of sp³-hybridized carbons (Fsp3) is 0.143. The normalized spacial score (nSPS) is 10.7. The third-order valence-electron chi connectivity index (χ3n) is 5.67. The number of halogens is 2. The number of amides is 2. The molecule has 3 aromatic carbocycles. The average molecular weight is 535 g/mol. The molecule has 188 valence electrons. The molecule has 0 bridgehead atoms. The topological polar surface area (TPSA) is 75.5 Å². The van der Waals surface area contributed by atoms with Gasteiger partial charge in [-0.3, -0.25) is 19.0 Å². The van der Waals surface area contributed by atoms with E-state index >= 15 is 0 Å². The first kappa shape index (κ1) is 26.1. The SMILES string of the molecule is CN(C)C(=O)c1cccc(N(Cc2ccc(Cl)c(Cl)c2)C(=O)CC(=O)c2nccn2-c2ccccc2)c1. The van der Waals surface area contributed by atoms with E-state index in [1.54, 1.807) is 67.3 Å². The highest BCUT2D eigenvalue weighted by Crippen LogP contribution is 2.26. The summed E-state index contributed by atoms with van der Waals surface area (Å²) in [5, 5.41) is 0.744. The standard InChI is InChI=1S/C28H24Cl2N4O3/c1-32(2)28(37)20-7-6-10-22(16-20)34(18-19-11-12-23(29)24(30)15-19)26(36)17-25(35)27-31-13-14-33(27)21-8-4-3-5-9-21/h3-16H,17-18H2,1-2H3. The molecular weight excluding hydrogens is 511 g/mol. The first-order valence-electron chi connectivity index (χ1n) is 11.4. The lowest BCUT2D eigenvalue weighted by Gasteiger charge is -2.24. The molecule has 0 fully saturated rings. The summed E-state index contributed by atoms with van der Waals surface area (Å²) in [6.45, 7) is 0.121. The lowest BCUT2D eigenvalue weighted by atomic mass is 10.1. The summed E-state index contributed by atoms with van der Waals surface area (Å²) in [6.07, 6.45) is 2.78. The molecule has 4 rings (SSSR count). The molecule has 0 atom stereocenters. The zero-order valence-corrected chi connectivity index (χ0v) is 21.8. The van der Waals surface area contributed by atoms with Gasteiger partial charge in [-0.15, -0.1) is 0 Å². The number of Topliss-reactive ketones (excluding diaryl/α,β-unsaturated/α-hetero) is 1. The Morgan fingerprint density at radius 2 is 1.65 bits per heavy atom. The van der Waals surface area contributed by atoms with Crippen LogP contribution < -0.4 is 4.90 Å². The highest BCUT2D eigenvalue weighted by molar-refractivity contribution is 6.42. The van der Waals surface area contributed by atoms with Gasteiger partial charge in [0, 0.05) is 43.4 Å². The zero-order valence-electron chi connectivity index (χ0n) is 20.3. The van der Waals surface area contributed by atoms with Crippen molar-refractivity contribution < 1.29 is 14.4 Å². The number of para-hydroxylation sites is 1. The Hall–Kier alpha value is -3.94. The monoisotopic (exact) mass is 534 g/mol. The highest BCUT2D eigenvalue weighted by Gasteiger charge is 2.24. The fourth-order valence-corrected chi connectivity index (χ4v) is 4.15.